The molecule has 5 fully saturated rings. The zero-order valence-electron chi connectivity index (χ0n) is 21.8. The van der Waals surface area contributed by atoms with Crippen molar-refractivity contribution in [3.05, 3.63) is 23.8 Å². The third-order valence-corrected chi connectivity index (χ3v) is 10.0. The number of alkyl carbamates (subject to hydrolysis) is 1. The molecule has 3 saturated carbocycles. The number of rotatable bonds is 2. The molecule has 4 aliphatic carbocycles. The third kappa shape index (κ3) is 3.15. The summed E-state index contributed by atoms with van der Waals surface area (Å²) < 4.78 is 56.4. The first-order chi connectivity index (χ1) is 17.7. The Bertz CT molecular complexity index is 1170. The Morgan fingerprint density at radius 3 is 2.61 bits per heavy atom. The van der Waals surface area contributed by atoms with E-state index in [1.165, 1.54) is 19.1 Å². The third-order valence-electron chi connectivity index (χ3n) is 10.0. The van der Waals surface area contributed by atoms with Gasteiger partial charge in [0.15, 0.2) is 17.2 Å². The van der Waals surface area contributed by atoms with Crippen LogP contribution in [0.3, 0.4) is 0 Å². The van der Waals surface area contributed by atoms with E-state index in [2.05, 4.69) is 5.32 Å². The second-order valence-corrected chi connectivity index (χ2v) is 12.4. The van der Waals surface area contributed by atoms with Crippen LogP contribution in [-0.2, 0) is 28.5 Å². The molecule has 0 radical (unpaired) electrons. The standard InChI is InChI=1S/C27H33F2NO8/c1-23(2)36-20-11-14-15-10-17(28)16-9-13(31)5-7-24(16,3)26(15,29)19(32)12-25(14,4)27(20,38-23)37-22(34)30-18-6-8-35-21(18)33/h5,7,9,14-15,17-20,32H,6,8,10-12H2,1-4H3,(H,30,34)/t14-,15-,17-,18?,19-,20+,24-,25-,26-,27+/m0/s1. The van der Waals surface area contributed by atoms with Crippen molar-refractivity contribution in [3.63, 3.8) is 0 Å². The molecule has 1 unspecified atom stereocenters. The smallest absolute Gasteiger partial charge is 0.410 e. The number of nitrogens with one attached hydrogen (secondary N) is 1. The normalized spacial score (nSPS) is 50.3. The van der Waals surface area contributed by atoms with Crippen LogP contribution in [0.15, 0.2) is 23.8 Å². The molecule has 2 heterocycles. The first kappa shape index (κ1) is 25.9. The first-order valence-corrected chi connectivity index (χ1v) is 13.2. The monoisotopic (exact) mass is 537 g/mol. The lowest BCUT2D eigenvalue weighted by Crippen LogP contribution is -2.70. The molecule has 6 rings (SSSR count). The van der Waals surface area contributed by atoms with Gasteiger partial charge in [-0.1, -0.05) is 13.0 Å². The van der Waals surface area contributed by atoms with E-state index in [1.54, 1.807) is 20.8 Å². The van der Waals surface area contributed by atoms with E-state index >= 15 is 8.78 Å². The van der Waals surface area contributed by atoms with Gasteiger partial charge in [-0.3, -0.25) is 4.79 Å². The SMILES string of the molecule is CC1(C)O[C@@H]2C[C@H]3[C@@H]4C[C@H](F)C5=CC(=O)C=C[C@]5(C)[C@@]4(F)[C@@H](O)C[C@]3(C)[C@]2(OC(=O)NC2CCOC2=O)O1. The largest absolute Gasteiger partial charge is 0.464 e. The van der Waals surface area contributed by atoms with Crippen LogP contribution >= 0.6 is 0 Å². The summed E-state index contributed by atoms with van der Waals surface area (Å²) in [5, 5.41) is 14.1. The van der Waals surface area contributed by atoms with Crippen molar-refractivity contribution in [3.8, 4) is 0 Å². The molecule has 0 aromatic heterocycles. The molecule has 2 aliphatic heterocycles. The highest BCUT2D eigenvalue weighted by Crippen LogP contribution is 2.72. The molecule has 6 aliphatic rings. The van der Waals surface area contributed by atoms with Gasteiger partial charge in [-0.2, -0.15) is 0 Å². The molecule has 0 bridgehead atoms. The Labute approximate surface area is 218 Å². The van der Waals surface area contributed by atoms with Gasteiger partial charge in [0, 0.05) is 23.2 Å². The Hall–Kier alpha value is -2.37. The number of cyclic esters (lactones) is 1. The van der Waals surface area contributed by atoms with Crippen LogP contribution < -0.4 is 5.32 Å². The van der Waals surface area contributed by atoms with Crippen LogP contribution in [0, 0.1) is 22.7 Å². The van der Waals surface area contributed by atoms with Crippen LogP contribution in [0.1, 0.15) is 53.4 Å². The number of aliphatic hydroxyl groups excluding tert-OH is 1. The fraction of sp³-hybridized carbons (Fsp3) is 0.741. The number of ketones is 1. The molecule has 10 atom stereocenters. The van der Waals surface area contributed by atoms with Crippen LogP contribution in [0.2, 0.25) is 0 Å². The summed E-state index contributed by atoms with van der Waals surface area (Å²) in [6.07, 6.45) is -1.11. The number of carbonyl (C=O) groups excluding carboxylic acids is 3. The number of amides is 1. The molecule has 9 nitrogen and oxygen atoms in total. The number of alkyl halides is 2. The van der Waals surface area contributed by atoms with Crippen LogP contribution in [0.25, 0.3) is 0 Å². The number of hydrogen-bond donors (Lipinski definition) is 2. The molecule has 11 heteroatoms. The predicted octanol–water partition coefficient (Wildman–Crippen LogP) is 2.80. The number of halogens is 2. The van der Waals surface area contributed by atoms with Crippen molar-refractivity contribution in [2.24, 2.45) is 22.7 Å². The Balaban J connectivity index is 1.39. The van der Waals surface area contributed by atoms with Gasteiger partial charge in [-0.15, -0.1) is 0 Å². The van der Waals surface area contributed by atoms with Gasteiger partial charge in [0.05, 0.1) is 12.7 Å². The number of esters is 1. The Morgan fingerprint density at radius 1 is 1.18 bits per heavy atom. The van der Waals surface area contributed by atoms with Crippen molar-refractivity contribution in [1.29, 1.82) is 0 Å². The number of carbonyl (C=O) groups is 3. The number of fused-ring (bicyclic) bond motifs is 7. The number of ether oxygens (including phenoxy) is 4. The minimum atomic E-state index is -2.28. The van der Waals surface area contributed by atoms with Gasteiger partial charge in [-0.25, -0.2) is 18.4 Å². The van der Waals surface area contributed by atoms with Crippen molar-refractivity contribution >= 4 is 17.8 Å². The van der Waals surface area contributed by atoms with Crippen molar-refractivity contribution in [1.82, 2.24) is 5.32 Å². The van der Waals surface area contributed by atoms with E-state index in [-0.39, 0.29) is 31.4 Å². The van der Waals surface area contributed by atoms with Gasteiger partial charge in [0.1, 0.15) is 18.3 Å². The second-order valence-electron chi connectivity index (χ2n) is 12.4. The lowest BCUT2D eigenvalue weighted by atomic mass is 9.45. The maximum Gasteiger partial charge on any atom is 0.410 e. The molecular formula is C27H33F2NO8. The van der Waals surface area contributed by atoms with Crippen LogP contribution in [-0.4, -0.2) is 71.2 Å². The quantitative estimate of drug-likeness (QED) is 0.516. The maximum absolute atomic E-state index is 17.4. The molecule has 38 heavy (non-hydrogen) atoms. The zero-order chi connectivity index (χ0) is 27.5. The summed E-state index contributed by atoms with van der Waals surface area (Å²) in [6.45, 7) is 6.79. The zero-order valence-corrected chi connectivity index (χ0v) is 21.8. The highest BCUT2D eigenvalue weighted by molar-refractivity contribution is 6.01. The molecule has 1 amide bonds. The number of hydrogen-bond acceptors (Lipinski definition) is 8. The summed E-state index contributed by atoms with van der Waals surface area (Å²) in [7, 11) is 0. The molecule has 0 aromatic carbocycles. The van der Waals surface area contributed by atoms with Gasteiger partial charge in [0.2, 0.25) is 5.79 Å². The molecule has 2 saturated heterocycles. The number of allylic oxidation sites excluding steroid dienone is 4. The molecule has 208 valence electrons. The topological polar surface area (TPSA) is 120 Å². The second kappa shape index (κ2) is 7.85. The Kier molecular flexibility index (Phi) is 5.35. The fourth-order valence-corrected chi connectivity index (χ4v) is 8.32. The van der Waals surface area contributed by atoms with Crippen LogP contribution in [0.4, 0.5) is 13.6 Å². The van der Waals surface area contributed by atoms with E-state index in [1.807, 2.05) is 0 Å². The lowest BCUT2D eigenvalue weighted by molar-refractivity contribution is -0.310. The van der Waals surface area contributed by atoms with Gasteiger partial charge in [0.25, 0.3) is 0 Å². The first-order valence-electron chi connectivity index (χ1n) is 13.2. The van der Waals surface area contributed by atoms with Gasteiger partial charge in [-0.05, 0) is 63.7 Å². The van der Waals surface area contributed by atoms with Crippen molar-refractivity contribution < 1.29 is 47.2 Å². The molecule has 2 N–H and O–H groups in total. The predicted molar refractivity (Wildman–Crippen MR) is 126 cm³/mol. The summed E-state index contributed by atoms with van der Waals surface area (Å²) in [6, 6.07) is -0.871. The minimum absolute atomic E-state index is 0.0343. The van der Waals surface area contributed by atoms with Crippen molar-refractivity contribution in [2.45, 2.75) is 95.0 Å². The van der Waals surface area contributed by atoms with Gasteiger partial charge < -0.3 is 29.4 Å². The lowest BCUT2D eigenvalue weighted by Gasteiger charge is -2.62. The summed E-state index contributed by atoms with van der Waals surface area (Å²) >= 11 is 0. The minimum Gasteiger partial charge on any atom is -0.464 e. The van der Waals surface area contributed by atoms with Crippen molar-refractivity contribution in [2.75, 3.05) is 6.61 Å². The molecule has 0 aromatic rings. The molecular weight excluding hydrogens is 504 g/mol. The summed E-state index contributed by atoms with van der Waals surface area (Å²) in [5.74, 6) is -5.45. The van der Waals surface area contributed by atoms with E-state index in [9.17, 15) is 19.5 Å². The highest BCUT2D eigenvalue weighted by Gasteiger charge is 2.80. The van der Waals surface area contributed by atoms with E-state index < -0.39 is 82.2 Å². The Morgan fingerprint density at radius 2 is 1.92 bits per heavy atom. The highest BCUT2D eigenvalue weighted by atomic mass is 19.1. The fourth-order valence-electron chi connectivity index (χ4n) is 8.32. The van der Waals surface area contributed by atoms with E-state index in [0.717, 1.165) is 6.08 Å². The van der Waals surface area contributed by atoms with Crippen LogP contribution in [0.5, 0.6) is 0 Å². The van der Waals surface area contributed by atoms with E-state index in [0.29, 0.717) is 6.42 Å². The average Bonchev–Trinajstić information content (AvgIpc) is 3.40. The maximum atomic E-state index is 17.4. The van der Waals surface area contributed by atoms with E-state index in [4.69, 9.17) is 18.9 Å². The summed E-state index contributed by atoms with van der Waals surface area (Å²) in [4.78, 5) is 37.0. The number of aliphatic hydroxyl groups is 1. The summed E-state index contributed by atoms with van der Waals surface area (Å²) in [5.41, 5.74) is -4.94. The van der Waals surface area contributed by atoms with Gasteiger partial charge >= 0.3 is 12.1 Å². The average molecular weight is 538 g/mol. The molecule has 0 spiro atoms.